The molecule has 0 bridgehead atoms. The molecule has 2 aromatic rings. The number of carbonyl (C=O) groups is 3. The highest BCUT2D eigenvalue weighted by atomic mass is 16.8. The number of benzene rings is 2. The second-order valence-electron chi connectivity index (χ2n) is 15.0. The lowest BCUT2D eigenvalue weighted by molar-refractivity contribution is -0.190. The van der Waals surface area contributed by atoms with E-state index >= 15 is 0 Å². The molecule has 6 atom stereocenters. The molecular formula is C43H56N2O8. The summed E-state index contributed by atoms with van der Waals surface area (Å²) in [6.07, 6.45) is 16.5. The second kappa shape index (κ2) is 18.5. The minimum atomic E-state index is -0.803. The lowest BCUT2D eigenvalue weighted by atomic mass is 9.89. The first kappa shape index (κ1) is 38.9. The Hall–Kier alpha value is -3.83. The molecule has 10 heteroatoms. The predicted molar refractivity (Wildman–Crippen MR) is 202 cm³/mol. The maximum Gasteiger partial charge on any atom is 0.338 e. The summed E-state index contributed by atoms with van der Waals surface area (Å²) in [5, 5.41) is 14.7. The van der Waals surface area contributed by atoms with Gasteiger partial charge in [-0.2, -0.15) is 0 Å². The third kappa shape index (κ3) is 10.4. The number of aliphatic hydroxyl groups excluding tert-OH is 1. The second-order valence-corrected chi connectivity index (χ2v) is 15.0. The fraction of sp³-hybridized carbons (Fsp3) is 0.558. The van der Waals surface area contributed by atoms with Gasteiger partial charge in [0.25, 0.3) is 5.91 Å². The highest BCUT2D eigenvalue weighted by Gasteiger charge is 2.52. The van der Waals surface area contributed by atoms with Crippen molar-refractivity contribution in [1.29, 1.82) is 0 Å². The molecule has 1 saturated carbocycles. The maximum absolute atomic E-state index is 13.7. The summed E-state index contributed by atoms with van der Waals surface area (Å²) in [6.45, 7) is 4.54. The third-order valence-corrected chi connectivity index (χ3v) is 10.8. The molecule has 3 N–H and O–H groups in total. The van der Waals surface area contributed by atoms with Gasteiger partial charge in [-0.3, -0.25) is 9.59 Å². The molecular weight excluding hydrogens is 672 g/mol. The van der Waals surface area contributed by atoms with E-state index in [0.29, 0.717) is 34.8 Å². The first-order valence-electron chi connectivity index (χ1n) is 19.8. The Morgan fingerprint density at radius 1 is 0.906 bits per heavy atom. The Kier molecular flexibility index (Phi) is 13.6. The first-order chi connectivity index (χ1) is 25.8. The van der Waals surface area contributed by atoms with Crippen molar-refractivity contribution in [3.05, 3.63) is 88.5 Å². The highest BCUT2D eigenvalue weighted by Crippen LogP contribution is 2.43. The fourth-order valence-electron chi connectivity index (χ4n) is 7.78. The van der Waals surface area contributed by atoms with Gasteiger partial charge in [-0.05, 0) is 79.5 Å². The van der Waals surface area contributed by atoms with E-state index < -0.39 is 30.1 Å². The Labute approximate surface area is 313 Å². The van der Waals surface area contributed by atoms with E-state index in [0.717, 1.165) is 81.8 Å². The fourth-order valence-corrected chi connectivity index (χ4v) is 7.78. The molecule has 3 fully saturated rings. The van der Waals surface area contributed by atoms with E-state index in [1.54, 1.807) is 30.3 Å². The van der Waals surface area contributed by atoms with Crippen LogP contribution in [-0.2, 0) is 30.3 Å². The summed E-state index contributed by atoms with van der Waals surface area (Å²) in [5.41, 5.74) is 3.11. The van der Waals surface area contributed by atoms with Crippen LogP contribution >= 0.6 is 0 Å². The van der Waals surface area contributed by atoms with Crippen molar-refractivity contribution in [2.45, 2.75) is 134 Å². The van der Waals surface area contributed by atoms with Gasteiger partial charge < -0.3 is 34.7 Å². The van der Waals surface area contributed by atoms with Gasteiger partial charge in [0.2, 0.25) is 5.91 Å². The number of allylic oxidation sites excluding steroid dienone is 1. The number of epoxide rings is 1. The number of aliphatic hydroxyl groups is 1. The van der Waals surface area contributed by atoms with E-state index in [4.69, 9.17) is 24.1 Å². The number of esters is 1. The van der Waals surface area contributed by atoms with Crippen LogP contribution < -0.4 is 10.6 Å². The monoisotopic (exact) mass is 728 g/mol. The van der Waals surface area contributed by atoms with Crippen LogP contribution in [0, 0.1) is 5.92 Å². The van der Waals surface area contributed by atoms with Gasteiger partial charge in [-0.1, -0.05) is 75.9 Å². The molecule has 10 nitrogen and oxygen atoms in total. The summed E-state index contributed by atoms with van der Waals surface area (Å²) in [7, 11) is 0. The van der Waals surface area contributed by atoms with Crippen molar-refractivity contribution in [1.82, 2.24) is 10.6 Å². The smallest absolute Gasteiger partial charge is 0.338 e. The zero-order valence-electron chi connectivity index (χ0n) is 31.2. The third-order valence-electron chi connectivity index (χ3n) is 10.8. The zero-order chi connectivity index (χ0) is 37.2. The van der Waals surface area contributed by atoms with E-state index in [1.807, 2.05) is 24.3 Å². The molecule has 0 aromatic heterocycles. The molecule has 6 rings (SSSR count). The number of carbonyl (C=O) groups excluding carboxylic acids is 3. The summed E-state index contributed by atoms with van der Waals surface area (Å²) >= 11 is 0. The van der Waals surface area contributed by atoms with Crippen molar-refractivity contribution >= 4 is 23.9 Å². The van der Waals surface area contributed by atoms with Crippen LogP contribution in [-0.4, -0.2) is 72.3 Å². The lowest BCUT2D eigenvalue weighted by Gasteiger charge is -2.31. The molecule has 286 valence electrons. The molecule has 2 aliphatic heterocycles. The maximum atomic E-state index is 13.7. The van der Waals surface area contributed by atoms with Crippen LogP contribution in [0.25, 0.3) is 6.08 Å². The van der Waals surface area contributed by atoms with Gasteiger partial charge in [0.1, 0.15) is 18.3 Å². The number of ether oxygens (including phenoxy) is 4. The van der Waals surface area contributed by atoms with Gasteiger partial charge in [0.05, 0.1) is 24.4 Å². The average Bonchev–Trinajstić information content (AvgIpc) is 3.86. The van der Waals surface area contributed by atoms with Gasteiger partial charge in [0, 0.05) is 43.5 Å². The Morgan fingerprint density at radius 3 is 2.40 bits per heavy atom. The largest absolute Gasteiger partial charge is 0.456 e. The van der Waals surface area contributed by atoms with Crippen LogP contribution in [0.5, 0.6) is 0 Å². The van der Waals surface area contributed by atoms with Crippen molar-refractivity contribution in [3.8, 4) is 0 Å². The van der Waals surface area contributed by atoms with E-state index in [9.17, 15) is 14.4 Å². The van der Waals surface area contributed by atoms with Gasteiger partial charge in [0.15, 0.2) is 5.79 Å². The van der Waals surface area contributed by atoms with Crippen LogP contribution in [0.1, 0.15) is 123 Å². The Morgan fingerprint density at radius 2 is 1.68 bits per heavy atom. The summed E-state index contributed by atoms with van der Waals surface area (Å²) in [4.78, 5) is 39.8. The number of amides is 2. The molecule has 0 spiro atoms. The van der Waals surface area contributed by atoms with Crippen LogP contribution in [0.2, 0.25) is 0 Å². The standard InChI is InChI=1S/C43H56N2O8/c1-3-5-7-20-43(21-8-6-4-2)52-38-27-34(41(48)45-28-31-10-9-11-33(24-31)40(47)44-22-23-46)26-37(39(38)53-43)51-42(49)32-17-14-29(15-18-32)12-13-30-16-19-35-36(25-30)50-35/h9-15,17-18,24,27,30,35-39,46H,3-8,16,19-23,25-26,28H2,1-2H3,(H,44,47)(H,45,48)/t30?,35?,36?,37-,38-,39+/m1/s1. The number of hydrogen-bond donors (Lipinski definition) is 3. The van der Waals surface area contributed by atoms with Crippen molar-refractivity contribution in [2.24, 2.45) is 5.92 Å². The lowest BCUT2D eigenvalue weighted by Crippen LogP contribution is -2.43. The molecule has 2 saturated heterocycles. The number of fused-ring (bicyclic) bond motifs is 2. The molecule has 53 heavy (non-hydrogen) atoms. The summed E-state index contributed by atoms with van der Waals surface area (Å²) in [6, 6.07) is 14.4. The predicted octanol–water partition coefficient (Wildman–Crippen LogP) is 6.80. The van der Waals surface area contributed by atoms with E-state index in [2.05, 4.69) is 36.6 Å². The van der Waals surface area contributed by atoms with Gasteiger partial charge in [-0.25, -0.2) is 4.79 Å². The summed E-state index contributed by atoms with van der Waals surface area (Å²) < 4.78 is 25.4. The van der Waals surface area contributed by atoms with E-state index in [1.165, 1.54) is 0 Å². The first-order valence-corrected chi connectivity index (χ1v) is 19.8. The Bertz CT molecular complexity index is 1610. The number of rotatable bonds is 18. The SMILES string of the molecule is CCCCCC1(CCCCC)O[C@@H]2[C@@H](C=C(C(=O)NCc3cccc(C(=O)NCCO)c3)C[C@H]2OC(=O)c2ccc(C=CC3CCC4OC4C3)cc2)O1. The van der Waals surface area contributed by atoms with Crippen molar-refractivity contribution in [2.75, 3.05) is 13.2 Å². The molecule has 4 aliphatic rings. The van der Waals surface area contributed by atoms with Gasteiger partial charge in [-0.15, -0.1) is 0 Å². The minimum absolute atomic E-state index is 0.149. The molecule has 2 heterocycles. The molecule has 2 aromatic carbocycles. The van der Waals surface area contributed by atoms with Crippen molar-refractivity contribution < 1.29 is 38.4 Å². The number of unbranched alkanes of at least 4 members (excludes halogenated alkanes) is 4. The topological polar surface area (TPSA) is 136 Å². The minimum Gasteiger partial charge on any atom is -0.456 e. The van der Waals surface area contributed by atoms with Crippen LogP contribution in [0.3, 0.4) is 0 Å². The van der Waals surface area contributed by atoms with Crippen LogP contribution in [0.4, 0.5) is 0 Å². The number of nitrogens with one attached hydrogen (secondary N) is 2. The normalized spacial score (nSPS) is 25.6. The summed E-state index contributed by atoms with van der Waals surface area (Å²) in [5.74, 6) is -1.35. The molecule has 2 aliphatic carbocycles. The molecule has 0 radical (unpaired) electrons. The zero-order valence-corrected chi connectivity index (χ0v) is 31.2. The number of hydrogen-bond acceptors (Lipinski definition) is 8. The molecule has 3 unspecified atom stereocenters. The van der Waals surface area contributed by atoms with Crippen molar-refractivity contribution in [3.63, 3.8) is 0 Å². The van der Waals surface area contributed by atoms with Crippen LogP contribution in [0.15, 0.2) is 66.3 Å². The molecule has 2 amide bonds. The Balaban J connectivity index is 1.15. The highest BCUT2D eigenvalue weighted by molar-refractivity contribution is 5.95. The quantitative estimate of drug-likeness (QED) is 0.0867. The average molecular weight is 729 g/mol. The van der Waals surface area contributed by atoms with E-state index in [-0.39, 0.29) is 37.9 Å². The van der Waals surface area contributed by atoms with Gasteiger partial charge >= 0.3 is 5.97 Å².